The Labute approximate surface area is 181 Å². The molecule has 2 aromatic carbocycles. The van der Waals surface area contributed by atoms with Crippen LogP contribution < -0.4 is 10.6 Å². The van der Waals surface area contributed by atoms with E-state index in [1.165, 1.54) is 11.1 Å². The smallest absolute Gasteiger partial charge is 0.224 e. The van der Waals surface area contributed by atoms with E-state index in [0.717, 1.165) is 24.2 Å². The average molecular weight is 409 g/mol. The molecule has 0 heterocycles. The third kappa shape index (κ3) is 7.66. The van der Waals surface area contributed by atoms with Crippen LogP contribution in [0.15, 0.2) is 48.5 Å². The second-order valence-corrected chi connectivity index (χ2v) is 8.17. The second kappa shape index (κ2) is 12.2. The summed E-state index contributed by atoms with van der Waals surface area (Å²) < 4.78 is 0. The third-order valence-electron chi connectivity index (χ3n) is 5.81. The average Bonchev–Trinajstić information content (AvgIpc) is 2.76. The van der Waals surface area contributed by atoms with E-state index in [9.17, 15) is 9.59 Å². The Balaban J connectivity index is 1.66. The summed E-state index contributed by atoms with van der Waals surface area (Å²) in [6.07, 6.45) is 4.42. The molecule has 0 saturated carbocycles. The Morgan fingerprint density at radius 2 is 1.00 bits per heavy atom. The number of carbonyl (C=O) groups excluding carboxylic acids is 2. The molecule has 0 spiro atoms. The van der Waals surface area contributed by atoms with Gasteiger partial charge in [0.2, 0.25) is 11.8 Å². The molecule has 0 fully saturated rings. The van der Waals surface area contributed by atoms with Crippen molar-refractivity contribution in [2.75, 3.05) is 10.6 Å². The summed E-state index contributed by atoms with van der Waals surface area (Å²) in [6.45, 7) is 8.74. The summed E-state index contributed by atoms with van der Waals surface area (Å²) in [7, 11) is 0. The van der Waals surface area contributed by atoms with E-state index in [1.54, 1.807) is 0 Å². The molecule has 0 aliphatic rings. The van der Waals surface area contributed by atoms with Crippen LogP contribution in [-0.2, 0) is 9.59 Å². The van der Waals surface area contributed by atoms with Gasteiger partial charge in [0.15, 0.2) is 0 Å². The number of nitrogens with one attached hydrogen (secondary N) is 2. The minimum atomic E-state index is -0.00710. The van der Waals surface area contributed by atoms with Gasteiger partial charge in [0.1, 0.15) is 0 Å². The number of rotatable bonds is 11. The van der Waals surface area contributed by atoms with Gasteiger partial charge in [-0.3, -0.25) is 9.59 Å². The van der Waals surface area contributed by atoms with Crippen LogP contribution in [-0.4, -0.2) is 11.8 Å². The van der Waals surface area contributed by atoms with Crippen molar-refractivity contribution in [1.82, 2.24) is 0 Å². The summed E-state index contributed by atoms with van der Waals surface area (Å²) in [5, 5.41) is 5.87. The van der Waals surface area contributed by atoms with E-state index < -0.39 is 0 Å². The molecule has 2 atom stereocenters. The number of anilines is 2. The summed E-state index contributed by atoms with van der Waals surface area (Å²) in [6, 6.07) is 16.1. The largest absolute Gasteiger partial charge is 0.326 e. The van der Waals surface area contributed by atoms with Crippen molar-refractivity contribution in [1.29, 1.82) is 0 Å². The second-order valence-electron chi connectivity index (χ2n) is 8.17. The van der Waals surface area contributed by atoms with Gasteiger partial charge in [0.05, 0.1) is 0 Å². The van der Waals surface area contributed by atoms with Gasteiger partial charge in [-0.15, -0.1) is 0 Å². The molecule has 2 N–H and O–H groups in total. The highest BCUT2D eigenvalue weighted by Gasteiger charge is 2.08. The van der Waals surface area contributed by atoms with Crippen molar-refractivity contribution in [2.45, 2.75) is 78.1 Å². The molecule has 0 saturated heterocycles. The zero-order chi connectivity index (χ0) is 21.9. The monoisotopic (exact) mass is 408 g/mol. The van der Waals surface area contributed by atoms with Crippen LogP contribution in [0.5, 0.6) is 0 Å². The van der Waals surface area contributed by atoms with Gasteiger partial charge >= 0.3 is 0 Å². The lowest BCUT2D eigenvalue weighted by Gasteiger charge is -2.11. The zero-order valence-electron chi connectivity index (χ0n) is 18.8. The van der Waals surface area contributed by atoms with Gasteiger partial charge in [-0.05, 0) is 72.9 Å². The summed E-state index contributed by atoms with van der Waals surface area (Å²) in [5.74, 6) is 1.04. The summed E-state index contributed by atoms with van der Waals surface area (Å²) in [4.78, 5) is 24.2. The highest BCUT2D eigenvalue weighted by Crippen LogP contribution is 2.21. The number of hydrogen-bond donors (Lipinski definition) is 2. The highest BCUT2D eigenvalue weighted by molar-refractivity contribution is 5.91. The molecule has 2 rings (SSSR count). The summed E-state index contributed by atoms with van der Waals surface area (Å²) in [5.41, 5.74) is 4.23. The molecule has 2 aromatic rings. The molecule has 0 aromatic heterocycles. The first-order chi connectivity index (χ1) is 14.4. The van der Waals surface area contributed by atoms with E-state index in [4.69, 9.17) is 0 Å². The van der Waals surface area contributed by atoms with Crippen molar-refractivity contribution in [3.05, 3.63) is 59.7 Å². The van der Waals surface area contributed by atoms with Gasteiger partial charge in [-0.2, -0.15) is 0 Å². The van der Waals surface area contributed by atoms with E-state index >= 15 is 0 Å². The summed E-state index contributed by atoms with van der Waals surface area (Å²) >= 11 is 0. The third-order valence-corrected chi connectivity index (χ3v) is 5.81. The van der Waals surface area contributed by atoms with Crippen LogP contribution in [0.4, 0.5) is 11.4 Å². The molecule has 0 radical (unpaired) electrons. The number of carbonyl (C=O) groups is 2. The van der Waals surface area contributed by atoms with Crippen molar-refractivity contribution in [3.63, 3.8) is 0 Å². The SMILES string of the molecule is CCC(C)c1ccc(NC(=O)CCCCC(=O)Nc2ccc(C(C)CC)cc2)cc1. The maximum atomic E-state index is 12.1. The fourth-order valence-electron chi connectivity index (χ4n) is 3.28. The first-order valence-electron chi connectivity index (χ1n) is 11.2. The van der Waals surface area contributed by atoms with E-state index in [0.29, 0.717) is 37.5 Å². The molecule has 4 heteroatoms. The lowest BCUT2D eigenvalue weighted by molar-refractivity contribution is -0.118. The molecule has 0 aliphatic carbocycles. The van der Waals surface area contributed by atoms with Crippen molar-refractivity contribution < 1.29 is 9.59 Å². The van der Waals surface area contributed by atoms with Crippen LogP contribution in [0.2, 0.25) is 0 Å². The molecule has 2 amide bonds. The van der Waals surface area contributed by atoms with Gasteiger partial charge < -0.3 is 10.6 Å². The molecule has 0 bridgehead atoms. The lowest BCUT2D eigenvalue weighted by Crippen LogP contribution is -2.13. The molecular weight excluding hydrogens is 372 g/mol. The van der Waals surface area contributed by atoms with E-state index in [2.05, 4.69) is 62.6 Å². The van der Waals surface area contributed by atoms with Gasteiger partial charge in [0.25, 0.3) is 0 Å². The minimum Gasteiger partial charge on any atom is -0.326 e. The highest BCUT2D eigenvalue weighted by atomic mass is 16.2. The van der Waals surface area contributed by atoms with Crippen LogP contribution >= 0.6 is 0 Å². The Morgan fingerprint density at radius 1 is 0.667 bits per heavy atom. The molecule has 2 unspecified atom stereocenters. The minimum absolute atomic E-state index is 0.00710. The lowest BCUT2D eigenvalue weighted by atomic mass is 9.98. The number of hydrogen-bond acceptors (Lipinski definition) is 2. The normalized spacial score (nSPS) is 12.8. The van der Waals surface area contributed by atoms with Crippen molar-refractivity contribution in [3.8, 4) is 0 Å². The topological polar surface area (TPSA) is 58.2 Å². The maximum Gasteiger partial charge on any atom is 0.224 e. The fourth-order valence-corrected chi connectivity index (χ4v) is 3.28. The molecule has 0 aliphatic heterocycles. The fraction of sp³-hybridized carbons (Fsp3) is 0.462. The first kappa shape index (κ1) is 23.7. The quantitative estimate of drug-likeness (QED) is 0.399. The van der Waals surface area contributed by atoms with E-state index in [-0.39, 0.29) is 11.8 Å². The van der Waals surface area contributed by atoms with Crippen LogP contribution in [0.1, 0.15) is 89.2 Å². The van der Waals surface area contributed by atoms with Crippen LogP contribution in [0.25, 0.3) is 0 Å². The Kier molecular flexibility index (Phi) is 9.59. The van der Waals surface area contributed by atoms with Crippen molar-refractivity contribution >= 4 is 23.2 Å². The Hall–Kier alpha value is -2.62. The Morgan fingerprint density at radius 3 is 1.30 bits per heavy atom. The number of amides is 2. The number of benzene rings is 2. The predicted octanol–water partition coefficient (Wildman–Crippen LogP) is 6.85. The maximum absolute atomic E-state index is 12.1. The predicted molar refractivity (Wildman–Crippen MR) is 126 cm³/mol. The van der Waals surface area contributed by atoms with Crippen molar-refractivity contribution in [2.24, 2.45) is 0 Å². The molecular formula is C26H36N2O2. The number of unbranched alkanes of at least 4 members (excludes halogenated alkanes) is 1. The zero-order valence-corrected chi connectivity index (χ0v) is 18.8. The van der Waals surface area contributed by atoms with Gasteiger partial charge in [-0.1, -0.05) is 52.0 Å². The Bertz CT molecular complexity index is 727. The standard InChI is InChI=1S/C26H36N2O2/c1-5-19(3)21-11-15-23(16-12-21)27-25(29)9-7-8-10-26(30)28-24-17-13-22(14-18-24)20(4)6-2/h11-20H,5-10H2,1-4H3,(H,27,29)(H,28,30). The first-order valence-corrected chi connectivity index (χ1v) is 11.2. The molecule has 30 heavy (non-hydrogen) atoms. The van der Waals surface area contributed by atoms with Gasteiger partial charge in [-0.25, -0.2) is 0 Å². The molecule has 162 valence electrons. The van der Waals surface area contributed by atoms with Crippen LogP contribution in [0.3, 0.4) is 0 Å². The van der Waals surface area contributed by atoms with E-state index in [1.807, 2.05) is 24.3 Å². The van der Waals surface area contributed by atoms with Crippen LogP contribution in [0, 0.1) is 0 Å². The molecule has 4 nitrogen and oxygen atoms in total. The van der Waals surface area contributed by atoms with Gasteiger partial charge in [0, 0.05) is 24.2 Å².